The molecule has 1 N–H and O–H groups in total. The fourth-order valence-corrected chi connectivity index (χ4v) is 4.83. The third kappa shape index (κ3) is 7.23. The van der Waals surface area contributed by atoms with Crippen molar-refractivity contribution in [3.8, 4) is 5.75 Å². The summed E-state index contributed by atoms with van der Waals surface area (Å²) < 4.78 is 68.3. The number of nitrogens with one attached hydrogen (secondary N) is 1. The number of hydrogen-bond donors (Lipinski definition) is 1. The summed E-state index contributed by atoms with van der Waals surface area (Å²) in [6.45, 7) is 7.55. The summed E-state index contributed by atoms with van der Waals surface area (Å²) in [5.74, 6) is -1.26. The lowest BCUT2D eigenvalue weighted by Gasteiger charge is -2.24. The number of nitrogens with zero attached hydrogens (tertiary/aromatic N) is 4. The van der Waals surface area contributed by atoms with Gasteiger partial charge in [-0.05, 0) is 51.4 Å². The molecule has 4 rings (SSSR count). The number of aryl methyl sites for hydroxylation is 1. The van der Waals surface area contributed by atoms with Crippen molar-refractivity contribution in [1.82, 2.24) is 19.2 Å². The normalized spacial score (nSPS) is 15.7. The highest BCUT2D eigenvalue weighted by Crippen LogP contribution is 2.29. The second-order valence-corrected chi connectivity index (χ2v) is 11.0. The van der Waals surface area contributed by atoms with Gasteiger partial charge >= 0.3 is 12.3 Å². The van der Waals surface area contributed by atoms with Crippen molar-refractivity contribution in [2.45, 2.75) is 58.4 Å². The lowest BCUT2D eigenvalue weighted by Crippen LogP contribution is -2.36. The van der Waals surface area contributed by atoms with Crippen molar-refractivity contribution in [3.05, 3.63) is 63.9 Å². The van der Waals surface area contributed by atoms with Gasteiger partial charge in [-0.2, -0.15) is 17.5 Å². The van der Waals surface area contributed by atoms with E-state index in [0.717, 1.165) is 23.8 Å². The number of amides is 2. The molecule has 0 saturated carbocycles. The highest BCUT2D eigenvalue weighted by atomic mass is 32.1. The summed E-state index contributed by atoms with van der Waals surface area (Å²) in [6.07, 6.45) is -3.37. The summed E-state index contributed by atoms with van der Waals surface area (Å²) in [5.41, 5.74) is -0.601. The van der Waals surface area contributed by atoms with E-state index < -0.39 is 41.4 Å². The number of rotatable bonds is 6. The number of halogens is 4. The molecule has 2 amide bonds. The minimum atomic E-state index is -4.61. The molecular weight excluding hydrogens is 554 g/mol. The molecule has 1 saturated heterocycles. The van der Waals surface area contributed by atoms with Crippen LogP contribution in [0.4, 0.5) is 28.0 Å². The number of hydrogen-bond acceptors (Lipinski definition) is 8. The standard InChI is InChI=1S/C26H27F4N5O4S/c1-14-22(20(40-34-14)10-16-11-32-21(12-31-16)26(28,29)30)23(36)33-15-5-6-18(27)19(9-15)38-17-7-8-35(13-17)24(37)39-25(2,3)4/h5-6,9,11-12,17H,7-8,10,13H2,1-4H3,(H,33,36)/t17-/m1/s1. The number of carbonyl (C=O) groups is 2. The van der Waals surface area contributed by atoms with Crippen molar-refractivity contribution in [2.24, 2.45) is 0 Å². The fraction of sp³-hybridized carbons (Fsp3) is 0.423. The fourth-order valence-electron chi connectivity index (χ4n) is 3.95. The molecule has 0 unspecified atom stereocenters. The molecule has 1 atom stereocenters. The maximum atomic E-state index is 14.6. The van der Waals surface area contributed by atoms with Crippen LogP contribution >= 0.6 is 11.5 Å². The van der Waals surface area contributed by atoms with Gasteiger partial charge in [-0.1, -0.05) is 0 Å². The van der Waals surface area contributed by atoms with E-state index in [-0.39, 0.29) is 35.7 Å². The summed E-state index contributed by atoms with van der Waals surface area (Å²) in [4.78, 5) is 34.6. The smallest absolute Gasteiger partial charge is 0.434 e. The first-order chi connectivity index (χ1) is 18.7. The molecule has 3 aromatic rings. The zero-order chi connectivity index (χ0) is 29.2. The number of carbonyl (C=O) groups excluding carboxylic acids is 2. The van der Waals surface area contributed by atoms with E-state index >= 15 is 0 Å². The number of likely N-dealkylation sites (tertiary alicyclic amines) is 1. The number of ether oxygens (including phenoxy) is 2. The van der Waals surface area contributed by atoms with E-state index in [9.17, 15) is 27.2 Å². The van der Waals surface area contributed by atoms with Crippen molar-refractivity contribution < 1.29 is 36.6 Å². The summed E-state index contributed by atoms with van der Waals surface area (Å²) >= 11 is 1.02. The van der Waals surface area contributed by atoms with Gasteiger partial charge in [0.25, 0.3) is 5.91 Å². The minimum Gasteiger partial charge on any atom is -0.485 e. The molecule has 0 spiro atoms. The molecule has 40 heavy (non-hydrogen) atoms. The van der Waals surface area contributed by atoms with Gasteiger partial charge in [0.15, 0.2) is 17.3 Å². The molecule has 2 aromatic heterocycles. The van der Waals surface area contributed by atoms with E-state index in [2.05, 4.69) is 19.7 Å². The SMILES string of the molecule is Cc1nsc(Cc2cnc(C(F)(F)F)cn2)c1C(=O)Nc1ccc(F)c(O[C@@H]2CCN(C(=O)OC(C)(C)C)C2)c1. The van der Waals surface area contributed by atoms with Gasteiger partial charge in [-0.25, -0.2) is 14.2 Å². The number of alkyl halides is 3. The highest BCUT2D eigenvalue weighted by molar-refractivity contribution is 7.06. The van der Waals surface area contributed by atoms with E-state index in [1.165, 1.54) is 17.0 Å². The van der Waals surface area contributed by atoms with Gasteiger partial charge in [-0.3, -0.25) is 9.78 Å². The van der Waals surface area contributed by atoms with Gasteiger partial charge in [0.05, 0.1) is 29.7 Å². The Morgan fingerprint density at radius 2 is 1.93 bits per heavy atom. The van der Waals surface area contributed by atoms with Crippen LogP contribution in [-0.4, -0.2) is 56.0 Å². The number of aromatic nitrogens is 3. The van der Waals surface area contributed by atoms with Gasteiger partial charge in [0.2, 0.25) is 0 Å². The monoisotopic (exact) mass is 581 g/mol. The molecule has 9 nitrogen and oxygen atoms in total. The summed E-state index contributed by atoms with van der Waals surface area (Å²) in [5, 5.41) is 2.70. The van der Waals surface area contributed by atoms with Gasteiger partial charge in [0.1, 0.15) is 11.7 Å². The van der Waals surface area contributed by atoms with E-state index in [0.29, 0.717) is 29.7 Å². The van der Waals surface area contributed by atoms with Crippen LogP contribution in [0.5, 0.6) is 5.75 Å². The highest BCUT2D eigenvalue weighted by Gasteiger charge is 2.33. The predicted octanol–water partition coefficient (Wildman–Crippen LogP) is 5.63. The van der Waals surface area contributed by atoms with Gasteiger partial charge in [0, 0.05) is 42.2 Å². The van der Waals surface area contributed by atoms with Crippen LogP contribution < -0.4 is 10.1 Å². The molecule has 1 aromatic carbocycles. The second-order valence-electron chi connectivity index (χ2n) is 10.2. The van der Waals surface area contributed by atoms with Crippen LogP contribution in [0, 0.1) is 12.7 Å². The quantitative estimate of drug-likeness (QED) is 0.376. The summed E-state index contributed by atoms with van der Waals surface area (Å²) in [6, 6.07) is 3.88. The maximum absolute atomic E-state index is 14.6. The van der Waals surface area contributed by atoms with Crippen molar-refractivity contribution in [1.29, 1.82) is 0 Å². The van der Waals surface area contributed by atoms with E-state index in [4.69, 9.17) is 9.47 Å². The number of benzene rings is 1. The van der Waals surface area contributed by atoms with Crippen LogP contribution in [0.25, 0.3) is 0 Å². The van der Waals surface area contributed by atoms with Crippen LogP contribution in [0.2, 0.25) is 0 Å². The Kier molecular flexibility index (Phi) is 8.28. The van der Waals surface area contributed by atoms with Gasteiger partial charge < -0.3 is 19.7 Å². The van der Waals surface area contributed by atoms with Crippen LogP contribution in [0.15, 0.2) is 30.6 Å². The minimum absolute atomic E-state index is 0.0486. The Labute approximate surface area is 231 Å². The molecule has 0 bridgehead atoms. The third-order valence-corrected chi connectivity index (χ3v) is 6.71. The number of anilines is 1. The molecular formula is C26H27F4N5O4S. The average Bonchev–Trinajstić information content (AvgIpc) is 3.46. The van der Waals surface area contributed by atoms with Crippen LogP contribution in [0.3, 0.4) is 0 Å². The maximum Gasteiger partial charge on any atom is 0.434 e. The van der Waals surface area contributed by atoms with E-state index in [1.54, 1.807) is 27.7 Å². The molecule has 1 aliphatic heterocycles. The molecule has 0 aliphatic carbocycles. The molecule has 14 heteroatoms. The lowest BCUT2D eigenvalue weighted by molar-refractivity contribution is -0.141. The van der Waals surface area contributed by atoms with Crippen molar-refractivity contribution >= 4 is 29.2 Å². The molecule has 3 heterocycles. The first-order valence-corrected chi connectivity index (χ1v) is 13.1. The molecule has 1 aliphatic rings. The summed E-state index contributed by atoms with van der Waals surface area (Å²) in [7, 11) is 0. The molecule has 0 radical (unpaired) electrons. The molecule has 1 fully saturated rings. The first-order valence-electron chi connectivity index (χ1n) is 12.3. The Morgan fingerprint density at radius 1 is 1.18 bits per heavy atom. The average molecular weight is 582 g/mol. The molecule has 214 valence electrons. The van der Waals surface area contributed by atoms with Crippen LogP contribution in [-0.2, 0) is 17.3 Å². The van der Waals surface area contributed by atoms with Crippen molar-refractivity contribution in [3.63, 3.8) is 0 Å². The lowest BCUT2D eigenvalue weighted by atomic mass is 10.1. The van der Waals surface area contributed by atoms with Crippen LogP contribution in [0.1, 0.15) is 59.5 Å². The van der Waals surface area contributed by atoms with Crippen molar-refractivity contribution in [2.75, 3.05) is 18.4 Å². The second kappa shape index (κ2) is 11.4. The van der Waals surface area contributed by atoms with Gasteiger partial charge in [-0.15, -0.1) is 0 Å². The topological polar surface area (TPSA) is 107 Å². The third-order valence-electron chi connectivity index (χ3n) is 5.78. The zero-order valence-electron chi connectivity index (χ0n) is 22.1. The zero-order valence-corrected chi connectivity index (χ0v) is 23.0. The largest absolute Gasteiger partial charge is 0.485 e. The Bertz CT molecular complexity index is 1390. The Balaban J connectivity index is 1.43. The predicted molar refractivity (Wildman–Crippen MR) is 138 cm³/mol. The first kappa shape index (κ1) is 29.2. The Hall–Kier alpha value is -3.81. The van der Waals surface area contributed by atoms with E-state index in [1.807, 2.05) is 0 Å². The Morgan fingerprint density at radius 3 is 2.58 bits per heavy atom.